The minimum atomic E-state index is 0.527. The van der Waals surface area contributed by atoms with Crippen LogP contribution in [0.3, 0.4) is 0 Å². The fourth-order valence-corrected chi connectivity index (χ4v) is 3.89. The summed E-state index contributed by atoms with van der Waals surface area (Å²) in [5.41, 5.74) is 1.05. The lowest BCUT2D eigenvalue weighted by Gasteiger charge is -2.45. The third kappa shape index (κ3) is 3.76. The summed E-state index contributed by atoms with van der Waals surface area (Å²) in [6, 6.07) is 0.762. The lowest BCUT2D eigenvalue weighted by molar-refractivity contribution is 0.0850. The Balaban J connectivity index is 1.78. The fourth-order valence-electron chi connectivity index (χ4n) is 3.89. The maximum Gasteiger partial charge on any atom is 0.00772 e. The van der Waals surface area contributed by atoms with Crippen LogP contribution in [0, 0.1) is 16.7 Å². The van der Waals surface area contributed by atoms with Gasteiger partial charge in [-0.1, -0.05) is 40.5 Å². The number of hydrogen-bond donors (Lipinski definition) is 1. The molecule has 0 spiro atoms. The van der Waals surface area contributed by atoms with E-state index < -0.39 is 0 Å². The quantitative estimate of drug-likeness (QED) is 0.760. The molecular formula is C15H29N. The molecule has 1 N–H and O–H groups in total. The summed E-state index contributed by atoms with van der Waals surface area (Å²) >= 11 is 0. The molecule has 0 aromatic carbocycles. The zero-order chi connectivity index (χ0) is 11.8. The Bertz CT molecular complexity index is 222. The second-order valence-corrected chi connectivity index (χ2v) is 7.80. The van der Waals surface area contributed by atoms with Gasteiger partial charge in [0.1, 0.15) is 0 Å². The molecule has 1 nitrogen and oxygen atoms in total. The van der Waals surface area contributed by atoms with Crippen molar-refractivity contribution in [3.05, 3.63) is 0 Å². The summed E-state index contributed by atoms with van der Waals surface area (Å²) in [7, 11) is 0. The van der Waals surface area contributed by atoms with E-state index >= 15 is 0 Å². The summed E-state index contributed by atoms with van der Waals surface area (Å²) in [5, 5.41) is 3.80. The average molecular weight is 223 g/mol. The van der Waals surface area contributed by atoms with Crippen LogP contribution in [0.15, 0.2) is 0 Å². The van der Waals surface area contributed by atoms with Crippen LogP contribution in [-0.4, -0.2) is 12.6 Å². The summed E-state index contributed by atoms with van der Waals surface area (Å²) in [5.74, 6) is 1.07. The topological polar surface area (TPSA) is 12.0 Å². The molecule has 94 valence electrons. The predicted octanol–water partition coefficient (Wildman–Crippen LogP) is 3.98. The van der Waals surface area contributed by atoms with Gasteiger partial charge in [-0.25, -0.2) is 0 Å². The zero-order valence-corrected chi connectivity index (χ0v) is 11.6. The van der Waals surface area contributed by atoms with E-state index in [1.165, 1.54) is 45.1 Å². The Morgan fingerprint density at radius 1 is 1.00 bits per heavy atom. The van der Waals surface area contributed by atoms with Gasteiger partial charge in [-0.2, -0.15) is 0 Å². The standard InChI is InChI=1S/C15H29N/c1-14(2)9-13(10-15(3,4)11-14)16-8-7-12-5-6-12/h12-13,16H,5-11H2,1-4H3. The number of rotatable bonds is 4. The van der Waals surface area contributed by atoms with E-state index in [1.54, 1.807) is 0 Å². The van der Waals surface area contributed by atoms with E-state index in [0.717, 1.165) is 12.0 Å². The largest absolute Gasteiger partial charge is 0.314 e. The second kappa shape index (κ2) is 4.33. The molecule has 0 aromatic heterocycles. The molecule has 1 heteroatoms. The van der Waals surface area contributed by atoms with Gasteiger partial charge in [0, 0.05) is 6.04 Å². The Hall–Kier alpha value is -0.0400. The molecule has 0 aromatic rings. The van der Waals surface area contributed by atoms with Gasteiger partial charge in [-0.3, -0.25) is 0 Å². The molecule has 0 saturated heterocycles. The highest BCUT2D eigenvalue weighted by molar-refractivity contribution is 4.92. The molecule has 0 atom stereocenters. The number of nitrogens with one attached hydrogen (secondary N) is 1. The van der Waals surface area contributed by atoms with Crippen LogP contribution in [0.25, 0.3) is 0 Å². The Morgan fingerprint density at radius 3 is 2.06 bits per heavy atom. The van der Waals surface area contributed by atoms with Gasteiger partial charge in [0.05, 0.1) is 0 Å². The van der Waals surface area contributed by atoms with Crippen molar-refractivity contribution < 1.29 is 0 Å². The Labute approximate surface area is 101 Å². The third-order valence-corrected chi connectivity index (χ3v) is 4.24. The van der Waals surface area contributed by atoms with Crippen LogP contribution in [0.5, 0.6) is 0 Å². The smallest absolute Gasteiger partial charge is 0.00772 e. The first kappa shape index (κ1) is 12.4. The van der Waals surface area contributed by atoms with E-state index in [2.05, 4.69) is 33.0 Å². The first-order chi connectivity index (χ1) is 7.36. The van der Waals surface area contributed by atoms with Crippen LogP contribution in [0.2, 0.25) is 0 Å². The molecule has 2 fully saturated rings. The highest BCUT2D eigenvalue weighted by atomic mass is 14.9. The van der Waals surface area contributed by atoms with E-state index in [-0.39, 0.29) is 0 Å². The monoisotopic (exact) mass is 223 g/mol. The van der Waals surface area contributed by atoms with E-state index in [1.807, 2.05) is 0 Å². The van der Waals surface area contributed by atoms with E-state index in [0.29, 0.717) is 10.8 Å². The van der Waals surface area contributed by atoms with Crippen LogP contribution in [0.1, 0.15) is 66.2 Å². The molecule has 2 rings (SSSR count). The van der Waals surface area contributed by atoms with Crippen LogP contribution >= 0.6 is 0 Å². The van der Waals surface area contributed by atoms with Gasteiger partial charge in [-0.15, -0.1) is 0 Å². The lowest BCUT2D eigenvalue weighted by atomic mass is 9.63. The Morgan fingerprint density at radius 2 is 1.56 bits per heavy atom. The van der Waals surface area contributed by atoms with E-state index in [9.17, 15) is 0 Å². The van der Waals surface area contributed by atoms with Crippen LogP contribution in [0.4, 0.5) is 0 Å². The van der Waals surface area contributed by atoms with Gasteiger partial charge in [0.15, 0.2) is 0 Å². The van der Waals surface area contributed by atoms with Crippen molar-refractivity contribution in [2.24, 2.45) is 16.7 Å². The fraction of sp³-hybridized carbons (Fsp3) is 1.00. The van der Waals surface area contributed by atoms with Gasteiger partial charge in [0.2, 0.25) is 0 Å². The molecular weight excluding hydrogens is 194 g/mol. The van der Waals surface area contributed by atoms with Gasteiger partial charge in [-0.05, 0) is 49.0 Å². The van der Waals surface area contributed by atoms with Crippen LogP contribution in [-0.2, 0) is 0 Å². The number of hydrogen-bond acceptors (Lipinski definition) is 1. The summed E-state index contributed by atoms with van der Waals surface area (Å²) in [4.78, 5) is 0. The molecule has 0 aliphatic heterocycles. The third-order valence-electron chi connectivity index (χ3n) is 4.24. The molecule has 0 amide bonds. The predicted molar refractivity (Wildman–Crippen MR) is 70.5 cm³/mol. The highest BCUT2D eigenvalue weighted by Crippen LogP contribution is 2.45. The molecule has 0 heterocycles. The summed E-state index contributed by atoms with van der Waals surface area (Å²) < 4.78 is 0. The van der Waals surface area contributed by atoms with E-state index in [4.69, 9.17) is 0 Å². The molecule has 16 heavy (non-hydrogen) atoms. The van der Waals surface area contributed by atoms with Crippen molar-refractivity contribution in [2.45, 2.75) is 72.3 Å². The maximum absolute atomic E-state index is 3.80. The molecule has 0 bridgehead atoms. The zero-order valence-electron chi connectivity index (χ0n) is 11.6. The maximum atomic E-state index is 3.80. The average Bonchev–Trinajstić information content (AvgIpc) is 2.81. The molecule has 2 saturated carbocycles. The molecule has 2 aliphatic carbocycles. The lowest BCUT2D eigenvalue weighted by Crippen LogP contribution is -2.44. The van der Waals surface area contributed by atoms with Crippen molar-refractivity contribution in [1.82, 2.24) is 5.32 Å². The first-order valence-corrected chi connectivity index (χ1v) is 7.10. The van der Waals surface area contributed by atoms with Crippen molar-refractivity contribution in [2.75, 3.05) is 6.54 Å². The minimum absolute atomic E-state index is 0.527. The SMILES string of the molecule is CC1(C)CC(NCCC2CC2)CC(C)(C)C1. The highest BCUT2D eigenvalue weighted by Gasteiger charge is 2.38. The van der Waals surface area contributed by atoms with Crippen molar-refractivity contribution >= 4 is 0 Å². The van der Waals surface area contributed by atoms with Crippen molar-refractivity contribution in [3.63, 3.8) is 0 Å². The van der Waals surface area contributed by atoms with Crippen molar-refractivity contribution in [1.29, 1.82) is 0 Å². The summed E-state index contributed by atoms with van der Waals surface area (Å²) in [6.07, 6.45) is 8.49. The van der Waals surface area contributed by atoms with Crippen molar-refractivity contribution in [3.8, 4) is 0 Å². The molecule has 2 aliphatic rings. The van der Waals surface area contributed by atoms with Gasteiger partial charge < -0.3 is 5.32 Å². The van der Waals surface area contributed by atoms with Gasteiger partial charge in [0.25, 0.3) is 0 Å². The molecule has 0 radical (unpaired) electrons. The molecule has 0 unspecified atom stereocenters. The Kier molecular flexibility index (Phi) is 3.36. The minimum Gasteiger partial charge on any atom is -0.314 e. The van der Waals surface area contributed by atoms with Gasteiger partial charge >= 0.3 is 0 Å². The second-order valence-electron chi connectivity index (χ2n) is 7.80. The summed E-state index contributed by atoms with van der Waals surface area (Å²) in [6.45, 7) is 11.0. The first-order valence-electron chi connectivity index (χ1n) is 7.10. The van der Waals surface area contributed by atoms with Crippen LogP contribution < -0.4 is 5.32 Å². The normalized spacial score (nSPS) is 29.2.